The number of rotatable bonds is 4. The summed E-state index contributed by atoms with van der Waals surface area (Å²) in [6, 6.07) is 6.09. The Hall–Kier alpha value is -2.50. The van der Waals surface area contributed by atoms with E-state index in [0.717, 1.165) is 18.2 Å². The topological polar surface area (TPSA) is 62.2 Å². The second-order valence-corrected chi connectivity index (χ2v) is 4.22. The van der Waals surface area contributed by atoms with Crippen LogP contribution >= 0.6 is 0 Å². The summed E-state index contributed by atoms with van der Waals surface area (Å²) < 4.78 is 26.4. The van der Waals surface area contributed by atoms with E-state index in [9.17, 15) is 13.6 Å². The third-order valence-corrected chi connectivity index (χ3v) is 2.78. The second-order valence-electron chi connectivity index (χ2n) is 4.22. The van der Waals surface area contributed by atoms with Gasteiger partial charge in [-0.1, -0.05) is 0 Å². The van der Waals surface area contributed by atoms with Crippen LogP contribution in [-0.4, -0.2) is 16.1 Å². The molecule has 1 heterocycles. The van der Waals surface area contributed by atoms with Crippen LogP contribution in [0.2, 0.25) is 0 Å². The second kappa shape index (κ2) is 5.64. The molecular weight excluding hydrogens is 266 g/mol. The minimum Gasteiger partial charge on any atom is -0.478 e. The van der Waals surface area contributed by atoms with Crippen LogP contribution in [0.1, 0.15) is 21.6 Å². The van der Waals surface area contributed by atoms with Gasteiger partial charge < -0.3 is 10.4 Å². The molecule has 0 aliphatic heterocycles. The van der Waals surface area contributed by atoms with Crippen molar-refractivity contribution < 1.29 is 18.7 Å². The number of aryl methyl sites for hydroxylation is 1. The highest BCUT2D eigenvalue weighted by Crippen LogP contribution is 2.14. The number of carboxylic acid groups (broad SMARTS) is 1. The molecule has 0 unspecified atom stereocenters. The van der Waals surface area contributed by atoms with Gasteiger partial charge >= 0.3 is 5.97 Å². The summed E-state index contributed by atoms with van der Waals surface area (Å²) >= 11 is 0. The zero-order valence-corrected chi connectivity index (χ0v) is 10.7. The van der Waals surface area contributed by atoms with E-state index in [0.29, 0.717) is 11.5 Å². The summed E-state index contributed by atoms with van der Waals surface area (Å²) in [5.74, 6) is -1.69. The number of aromatic nitrogens is 1. The average Bonchev–Trinajstić information content (AvgIpc) is 2.39. The minimum atomic E-state index is -1.06. The van der Waals surface area contributed by atoms with Crippen molar-refractivity contribution in [3.05, 3.63) is 58.8 Å². The van der Waals surface area contributed by atoms with Gasteiger partial charge in [-0.25, -0.2) is 18.6 Å². The molecule has 1 aromatic carbocycles. The fourth-order valence-corrected chi connectivity index (χ4v) is 1.75. The number of anilines is 1. The van der Waals surface area contributed by atoms with Gasteiger partial charge in [0.1, 0.15) is 17.5 Å². The molecule has 0 amide bonds. The molecule has 0 aliphatic carbocycles. The molecule has 1 aromatic heterocycles. The van der Waals surface area contributed by atoms with E-state index in [1.54, 1.807) is 6.92 Å². The number of nitrogens with one attached hydrogen (secondary N) is 1. The van der Waals surface area contributed by atoms with Gasteiger partial charge in [-0.3, -0.25) is 0 Å². The molecule has 0 fully saturated rings. The number of carbonyl (C=O) groups is 1. The van der Waals surface area contributed by atoms with Crippen LogP contribution in [0.5, 0.6) is 0 Å². The van der Waals surface area contributed by atoms with Gasteiger partial charge in [0.25, 0.3) is 0 Å². The average molecular weight is 278 g/mol. The highest BCUT2D eigenvalue weighted by Gasteiger charge is 2.09. The molecule has 0 saturated carbocycles. The van der Waals surface area contributed by atoms with Gasteiger partial charge in [-0.15, -0.1) is 0 Å². The minimum absolute atomic E-state index is 0.0580. The number of hydrogen-bond acceptors (Lipinski definition) is 3. The van der Waals surface area contributed by atoms with E-state index >= 15 is 0 Å². The molecule has 4 nitrogen and oxygen atoms in total. The van der Waals surface area contributed by atoms with E-state index in [-0.39, 0.29) is 17.7 Å². The Morgan fingerprint density at radius 2 is 2.05 bits per heavy atom. The monoisotopic (exact) mass is 278 g/mol. The Balaban J connectivity index is 2.13. The first-order valence-electron chi connectivity index (χ1n) is 5.86. The van der Waals surface area contributed by atoms with E-state index in [2.05, 4.69) is 10.3 Å². The van der Waals surface area contributed by atoms with Crippen LogP contribution in [-0.2, 0) is 6.54 Å². The lowest BCUT2D eigenvalue weighted by Gasteiger charge is -2.08. The Labute approximate surface area is 114 Å². The maximum Gasteiger partial charge on any atom is 0.337 e. The van der Waals surface area contributed by atoms with Gasteiger partial charge in [0.15, 0.2) is 0 Å². The van der Waals surface area contributed by atoms with Crippen molar-refractivity contribution in [2.45, 2.75) is 13.5 Å². The molecule has 2 rings (SSSR count). The van der Waals surface area contributed by atoms with E-state index in [4.69, 9.17) is 5.11 Å². The molecule has 2 aromatic rings. The van der Waals surface area contributed by atoms with Gasteiger partial charge in [0.05, 0.1) is 11.3 Å². The SMILES string of the molecule is Cc1nc(NCc2cc(F)ccc2F)ccc1C(=O)O. The Morgan fingerprint density at radius 3 is 2.70 bits per heavy atom. The number of carboxylic acids is 1. The molecule has 6 heteroatoms. The van der Waals surface area contributed by atoms with Crippen molar-refractivity contribution in [2.75, 3.05) is 5.32 Å². The van der Waals surface area contributed by atoms with Crippen LogP contribution in [0.4, 0.5) is 14.6 Å². The lowest BCUT2D eigenvalue weighted by Crippen LogP contribution is -2.07. The molecule has 2 N–H and O–H groups in total. The first-order valence-corrected chi connectivity index (χ1v) is 5.86. The van der Waals surface area contributed by atoms with Crippen LogP contribution in [0.25, 0.3) is 0 Å². The van der Waals surface area contributed by atoms with Crippen LogP contribution in [0.3, 0.4) is 0 Å². The van der Waals surface area contributed by atoms with Crippen LogP contribution in [0.15, 0.2) is 30.3 Å². The largest absolute Gasteiger partial charge is 0.478 e. The van der Waals surface area contributed by atoms with Gasteiger partial charge in [-0.2, -0.15) is 0 Å². The van der Waals surface area contributed by atoms with Gasteiger partial charge in [0, 0.05) is 12.1 Å². The summed E-state index contributed by atoms with van der Waals surface area (Å²) in [6.45, 7) is 1.62. The van der Waals surface area contributed by atoms with Gasteiger partial charge in [-0.05, 0) is 37.3 Å². The summed E-state index contributed by atoms with van der Waals surface area (Å²) in [6.07, 6.45) is 0. The highest BCUT2D eigenvalue weighted by atomic mass is 19.1. The number of aromatic carboxylic acids is 1. The summed E-state index contributed by atoms with van der Waals surface area (Å²) in [5.41, 5.74) is 0.626. The van der Waals surface area contributed by atoms with Crippen LogP contribution < -0.4 is 5.32 Å². The summed E-state index contributed by atoms with van der Waals surface area (Å²) in [5, 5.41) is 11.7. The van der Waals surface area contributed by atoms with Crippen molar-refractivity contribution in [2.24, 2.45) is 0 Å². The maximum absolute atomic E-state index is 13.4. The lowest BCUT2D eigenvalue weighted by molar-refractivity contribution is 0.0695. The Morgan fingerprint density at radius 1 is 1.30 bits per heavy atom. The lowest BCUT2D eigenvalue weighted by atomic mass is 10.2. The molecule has 20 heavy (non-hydrogen) atoms. The third-order valence-electron chi connectivity index (χ3n) is 2.78. The standard InChI is InChI=1S/C14H12F2N2O2/c1-8-11(14(19)20)3-5-13(18-8)17-7-9-6-10(15)2-4-12(9)16/h2-6H,7H2,1H3,(H,17,18)(H,19,20). The zero-order chi connectivity index (χ0) is 14.7. The number of nitrogens with zero attached hydrogens (tertiary/aromatic N) is 1. The van der Waals surface area contributed by atoms with E-state index < -0.39 is 17.6 Å². The van der Waals surface area contributed by atoms with Crippen molar-refractivity contribution in [3.63, 3.8) is 0 Å². The maximum atomic E-state index is 13.4. The fraction of sp³-hybridized carbons (Fsp3) is 0.143. The number of hydrogen-bond donors (Lipinski definition) is 2. The van der Waals surface area contributed by atoms with Crippen LogP contribution in [0, 0.1) is 18.6 Å². The predicted molar refractivity (Wildman–Crippen MR) is 69.6 cm³/mol. The van der Waals surface area contributed by atoms with Crippen molar-refractivity contribution in [1.29, 1.82) is 0 Å². The molecule has 0 aliphatic rings. The smallest absolute Gasteiger partial charge is 0.337 e. The molecule has 0 radical (unpaired) electrons. The molecule has 0 atom stereocenters. The van der Waals surface area contributed by atoms with E-state index in [1.165, 1.54) is 12.1 Å². The van der Waals surface area contributed by atoms with Crippen molar-refractivity contribution in [1.82, 2.24) is 4.98 Å². The zero-order valence-electron chi connectivity index (χ0n) is 10.7. The van der Waals surface area contributed by atoms with Crippen molar-refractivity contribution in [3.8, 4) is 0 Å². The molecule has 104 valence electrons. The predicted octanol–water partition coefficient (Wildman–Crippen LogP) is 2.98. The third kappa shape index (κ3) is 3.09. The first-order chi connectivity index (χ1) is 9.47. The van der Waals surface area contributed by atoms with E-state index in [1.807, 2.05) is 0 Å². The van der Waals surface area contributed by atoms with Gasteiger partial charge in [0.2, 0.25) is 0 Å². The Kier molecular flexibility index (Phi) is 3.93. The molecule has 0 saturated heterocycles. The summed E-state index contributed by atoms with van der Waals surface area (Å²) in [4.78, 5) is 14.9. The first kappa shape index (κ1) is 13.9. The number of benzene rings is 1. The summed E-state index contributed by atoms with van der Waals surface area (Å²) in [7, 11) is 0. The van der Waals surface area contributed by atoms with Crippen molar-refractivity contribution >= 4 is 11.8 Å². The fourth-order valence-electron chi connectivity index (χ4n) is 1.75. The number of pyridine rings is 1. The molecule has 0 spiro atoms. The Bertz CT molecular complexity index is 660. The molecular formula is C14H12F2N2O2. The molecule has 0 bridgehead atoms. The highest BCUT2D eigenvalue weighted by molar-refractivity contribution is 5.89. The normalized spacial score (nSPS) is 10.3. The quantitative estimate of drug-likeness (QED) is 0.902. The number of halogens is 2.